The first-order valence-electron chi connectivity index (χ1n) is 4.90. The SMILES string of the molecule is C#CCOc1ccc2cc(C(=O)O)ncc2c1. The second kappa shape index (κ2) is 4.54. The lowest BCUT2D eigenvalue weighted by Crippen LogP contribution is -1.99. The fourth-order valence-corrected chi connectivity index (χ4v) is 1.45. The van der Waals surface area contributed by atoms with Crippen molar-refractivity contribution in [3.05, 3.63) is 36.2 Å². The average Bonchev–Trinajstić information content (AvgIpc) is 2.35. The van der Waals surface area contributed by atoms with Gasteiger partial charge >= 0.3 is 5.97 Å². The van der Waals surface area contributed by atoms with Gasteiger partial charge in [0.25, 0.3) is 0 Å². The van der Waals surface area contributed by atoms with Gasteiger partial charge in [0, 0.05) is 11.6 Å². The Morgan fingerprint density at radius 1 is 1.41 bits per heavy atom. The van der Waals surface area contributed by atoms with Gasteiger partial charge in [0.1, 0.15) is 18.1 Å². The molecular weight excluding hydrogens is 218 g/mol. The number of pyridine rings is 1. The van der Waals surface area contributed by atoms with Crippen molar-refractivity contribution < 1.29 is 14.6 Å². The summed E-state index contributed by atoms with van der Waals surface area (Å²) in [6, 6.07) is 6.80. The van der Waals surface area contributed by atoms with Gasteiger partial charge in [0.05, 0.1) is 0 Å². The summed E-state index contributed by atoms with van der Waals surface area (Å²) < 4.78 is 5.26. The molecule has 4 nitrogen and oxygen atoms in total. The smallest absolute Gasteiger partial charge is 0.354 e. The van der Waals surface area contributed by atoms with Gasteiger partial charge in [-0.25, -0.2) is 9.78 Å². The van der Waals surface area contributed by atoms with Crippen molar-refractivity contribution in [3.63, 3.8) is 0 Å². The molecule has 1 N–H and O–H groups in total. The summed E-state index contributed by atoms with van der Waals surface area (Å²) in [4.78, 5) is 14.6. The van der Waals surface area contributed by atoms with Gasteiger partial charge in [-0.15, -0.1) is 6.42 Å². The van der Waals surface area contributed by atoms with Crippen LogP contribution in [0.15, 0.2) is 30.5 Å². The Kier molecular flexibility index (Phi) is 2.93. The van der Waals surface area contributed by atoms with Crippen LogP contribution in [0.1, 0.15) is 10.5 Å². The third-order valence-corrected chi connectivity index (χ3v) is 2.23. The molecule has 17 heavy (non-hydrogen) atoms. The second-order valence-electron chi connectivity index (χ2n) is 3.38. The number of carboxylic acid groups (broad SMARTS) is 1. The predicted octanol–water partition coefficient (Wildman–Crippen LogP) is 1.95. The van der Waals surface area contributed by atoms with Gasteiger partial charge in [0.2, 0.25) is 0 Å². The van der Waals surface area contributed by atoms with E-state index < -0.39 is 5.97 Å². The average molecular weight is 227 g/mol. The number of rotatable bonds is 3. The van der Waals surface area contributed by atoms with E-state index in [0.717, 1.165) is 10.8 Å². The highest BCUT2D eigenvalue weighted by Crippen LogP contribution is 2.20. The van der Waals surface area contributed by atoms with Crippen LogP contribution in [-0.4, -0.2) is 22.7 Å². The van der Waals surface area contributed by atoms with Crippen molar-refractivity contribution >= 4 is 16.7 Å². The number of benzene rings is 1. The maximum atomic E-state index is 10.7. The highest BCUT2D eigenvalue weighted by molar-refractivity contribution is 5.92. The molecule has 0 unspecified atom stereocenters. The zero-order valence-corrected chi connectivity index (χ0v) is 8.88. The summed E-state index contributed by atoms with van der Waals surface area (Å²) in [6.45, 7) is 0.201. The first-order chi connectivity index (χ1) is 8.20. The Hall–Kier alpha value is -2.54. The van der Waals surface area contributed by atoms with E-state index in [1.807, 2.05) is 0 Å². The highest BCUT2D eigenvalue weighted by atomic mass is 16.5. The molecule has 0 bridgehead atoms. The van der Waals surface area contributed by atoms with E-state index in [2.05, 4.69) is 10.9 Å². The van der Waals surface area contributed by atoms with Gasteiger partial charge < -0.3 is 9.84 Å². The second-order valence-corrected chi connectivity index (χ2v) is 3.38. The van der Waals surface area contributed by atoms with E-state index in [4.69, 9.17) is 16.3 Å². The van der Waals surface area contributed by atoms with Gasteiger partial charge in [-0.3, -0.25) is 0 Å². The minimum atomic E-state index is -1.04. The zero-order valence-electron chi connectivity index (χ0n) is 8.88. The molecule has 2 aromatic rings. The number of carbonyl (C=O) groups is 1. The van der Waals surface area contributed by atoms with Crippen LogP contribution in [-0.2, 0) is 0 Å². The van der Waals surface area contributed by atoms with Crippen molar-refractivity contribution in [1.29, 1.82) is 0 Å². The zero-order chi connectivity index (χ0) is 12.3. The van der Waals surface area contributed by atoms with Crippen LogP contribution in [0.3, 0.4) is 0 Å². The molecule has 0 saturated heterocycles. The monoisotopic (exact) mass is 227 g/mol. The van der Waals surface area contributed by atoms with Crippen molar-refractivity contribution in [1.82, 2.24) is 4.98 Å². The number of ether oxygens (including phenoxy) is 1. The van der Waals surface area contributed by atoms with Crippen LogP contribution in [0.5, 0.6) is 5.75 Å². The third-order valence-electron chi connectivity index (χ3n) is 2.23. The van der Waals surface area contributed by atoms with E-state index in [9.17, 15) is 4.79 Å². The Bertz CT molecular complexity index is 614. The minimum absolute atomic E-state index is 0.0230. The van der Waals surface area contributed by atoms with E-state index in [1.165, 1.54) is 12.3 Å². The number of hydrogen-bond acceptors (Lipinski definition) is 3. The number of carboxylic acids is 1. The predicted molar refractivity (Wildman–Crippen MR) is 63.0 cm³/mol. The summed E-state index contributed by atoms with van der Waals surface area (Å²) in [6.07, 6.45) is 6.59. The molecule has 0 saturated carbocycles. The van der Waals surface area contributed by atoms with Crippen LogP contribution < -0.4 is 4.74 Å². The lowest BCUT2D eigenvalue weighted by atomic mass is 10.1. The van der Waals surface area contributed by atoms with E-state index in [-0.39, 0.29) is 12.3 Å². The highest BCUT2D eigenvalue weighted by Gasteiger charge is 2.05. The van der Waals surface area contributed by atoms with Gasteiger partial charge in [0.15, 0.2) is 0 Å². The van der Waals surface area contributed by atoms with Crippen LogP contribution in [0.4, 0.5) is 0 Å². The maximum absolute atomic E-state index is 10.7. The number of hydrogen-bond donors (Lipinski definition) is 1. The van der Waals surface area contributed by atoms with Gasteiger partial charge in [-0.05, 0) is 23.6 Å². The third kappa shape index (κ3) is 2.34. The quantitative estimate of drug-likeness (QED) is 0.814. The number of aromatic carboxylic acids is 1. The van der Waals surface area contributed by atoms with E-state index >= 15 is 0 Å². The molecule has 0 radical (unpaired) electrons. The molecule has 0 spiro atoms. The molecular formula is C13H9NO3. The molecule has 0 atom stereocenters. The Labute approximate surface area is 97.9 Å². The first kappa shape index (κ1) is 11.0. The Morgan fingerprint density at radius 2 is 2.24 bits per heavy atom. The van der Waals surface area contributed by atoms with Gasteiger partial charge in [-0.1, -0.05) is 12.0 Å². The summed E-state index contributed by atoms with van der Waals surface area (Å²) in [7, 11) is 0. The van der Waals surface area contributed by atoms with Crippen LogP contribution in [0, 0.1) is 12.3 Å². The normalized spacial score (nSPS) is 9.82. The fourth-order valence-electron chi connectivity index (χ4n) is 1.45. The summed E-state index contributed by atoms with van der Waals surface area (Å²) in [5.74, 6) is 1.97. The fraction of sp³-hybridized carbons (Fsp3) is 0.0769. The van der Waals surface area contributed by atoms with Crippen molar-refractivity contribution in [2.24, 2.45) is 0 Å². The van der Waals surface area contributed by atoms with Crippen molar-refractivity contribution in [2.75, 3.05) is 6.61 Å². The van der Waals surface area contributed by atoms with Crippen molar-refractivity contribution in [3.8, 4) is 18.1 Å². The molecule has 0 aliphatic carbocycles. The molecule has 1 aromatic carbocycles. The maximum Gasteiger partial charge on any atom is 0.354 e. The number of aromatic nitrogens is 1. The molecule has 84 valence electrons. The topological polar surface area (TPSA) is 59.4 Å². The molecule has 0 aliphatic rings. The van der Waals surface area contributed by atoms with E-state index in [1.54, 1.807) is 18.2 Å². The van der Waals surface area contributed by atoms with Gasteiger partial charge in [-0.2, -0.15) is 0 Å². The molecule has 0 amide bonds. The largest absolute Gasteiger partial charge is 0.481 e. The number of fused-ring (bicyclic) bond motifs is 1. The molecule has 1 heterocycles. The van der Waals surface area contributed by atoms with Crippen LogP contribution >= 0.6 is 0 Å². The lowest BCUT2D eigenvalue weighted by molar-refractivity contribution is 0.0690. The molecule has 1 aromatic heterocycles. The number of nitrogens with zero attached hydrogens (tertiary/aromatic N) is 1. The summed E-state index contributed by atoms with van der Waals surface area (Å²) in [5, 5.41) is 10.4. The standard InChI is InChI=1S/C13H9NO3/c1-2-5-17-11-4-3-9-7-12(13(15)16)14-8-10(9)6-11/h1,3-4,6-8H,5H2,(H,15,16). The first-order valence-corrected chi connectivity index (χ1v) is 4.90. The molecule has 0 aliphatic heterocycles. The Balaban J connectivity index is 2.40. The summed E-state index contributed by atoms with van der Waals surface area (Å²) in [5.41, 5.74) is 0.0230. The lowest BCUT2D eigenvalue weighted by Gasteiger charge is -2.04. The van der Waals surface area contributed by atoms with Crippen LogP contribution in [0.2, 0.25) is 0 Å². The molecule has 0 fully saturated rings. The van der Waals surface area contributed by atoms with E-state index in [0.29, 0.717) is 5.75 Å². The molecule has 4 heteroatoms. The molecule has 2 rings (SSSR count). The number of terminal acetylenes is 1. The van der Waals surface area contributed by atoms with Crippen LogP contribution in [0.25, 0.3) is 10.8 Å². The van der Waals surface area contributed by atoms with Crippen molar-refractivity contribution in [2.45, 2.75) is 0 Å². The summed E-state index contributed by atoms with van der Waals surface area (Å²) >= 11 is 0. The Morgan fingerprint density at radius 3 is 2.94 bits per heavy atom. The minimum Gasteiger partial charge on any atom is -0.481 e.